The summed E-state index contributed by atoms with van der Waals surface area (Å²) in [7, 11) is 1.74. The molecule has 0 atom stereocenters. The molecular weight excluding hydrogens is 429 g/mol. The Bertz CT molecular complexity index is 1140. The number of nitrogens with one attached hydrogen (secondary N) is 1. The summed E-state index contributed by atoms with van der Waals surface area (Å²) in [5.41, 5.74) is 1.93. The number of aromatic amines is 1. The second-order valence-corrected chi connectivity index (χ2v) is 9.32. The zero-order valence-corrected chi connectivity index (χ0v) is 18.4. The highest BCUT2D eigenvalue weighted by Gasteiger charge is 2.20. The number of H-pyrrole nitrogens is 1. The number of hydrogen-bond acceptors (Lipinski definition) is 4. The third-order valence-electron chi connectivity index (χ3n) is 5.30. The fraction of sp³-hybridized carbons (Fsp3) is 0.381. The van der Waals surface area contributed by atoms with Gasteiger partial charge in [-0.15, -0.1) is 11.3 Å². The van der Waals surface area contributed by atoms with Crippen LogP contribution in [0.3, 0.4) is 0 Å². The van der Waals surface area contributed by atoms with Crippen molar-refractivity contribution in [2.24, 2.45) is 0 Å². The quantitative estimate of drug-likeness (QED) is 0.610. The standard InChI is InChI=1S/C21H21Cl2N3O2S/c1-26(11-12-6-7-13(22)10-15(12)23)18(27)9-8-17-24-20(28)19-14-4-2-3-5-16(14)29-21(19)25-17/h6-7,10H,2-5,8-9,11H2,1H3,(H,24,25,28). The molecule has 1 aromatic carbocycles. The number of aromatic nitrogens is 2. The summed E-state index contributed by atoms with van der Waals surface area (Å²) in [6.45, 7) is 0.398. The van der Waals surface area contributed by atoms with Crippen LogP contribution in [0.4, 0.5) is 0 Å². The van der Waals surface area contributed by atoms with Gasteiger partial charge in [-0.25, -0.2) is 4.98 Å². The number of halogens is 2. The van der Waals surface area contributed by atoms with Crippen LogP contribution in [0.1, 0.15) is 41.1 Å². The molecule has 0 spiro atoms. The molecule has 0 fully saturated rings. The molecule has 0 aliphatic heterocycles. The second kappa shape index (κ2) is 8.46. The smallest absolute Gasteiger partial charge is 0.259 e. The number of nitrogens with zero attached hydrogens (tertiary/aromatic N) is 2. The van der Waals surface area contributed by atoms with Crippen molar-refractivity contribution < 1.29 is 4.79 Å². The molecule has 0 radical (unpaired) electrons. The Morgan fingerprint density at radius 3 is 2.86 bits per heavy atom. The molecule has 2 aromatic heterocycles. The van der Waals surface area contributed by atoms with Crippen molar-refractivity contribution in [3.63, 3.8) is 0 Å². The van der Waals surface area contributed by atoms with Crippen LogP contribution in [-0.2, 0) is 30.6 Å². The van der Waals surface area contributed by atoms with E-state index in [1.807, 2.05) is 6.07 Å². The number of fused-ring (bicyclic) bond motifs is 3. The molecule has 5 nitrogen and oxygen atoms in total. The monoisotopic (exact) mass is 449 g/mol. The number of benzene rings is 1. The Morgan fingerprint density at radius 2 is 2.07 bits per heavy atom. The van der Waals surface area contributed by atoms with Crippen molar-refractivity contribution in [1.82, 2.24) is 14.9 Å². The lowest BCUT2D eigenvalue weighted by atomic mass is 9.97. The molecule has 4 rings (SSSR count). The molecular formula is C21H21Cl2N3O2S. The van der Waals surface area contributed by atoms with Crippen LogP contribution in [0.25, 0.3) is 10.2 Å². The van der Waals surface area contributed by atoms with Crippen LogP contribution >= 0.6 is 34.5 Å². The van der Waals surface area contributed by atoms with E-state index in [2.05, 4.69) is 9.97 Å². The maximum absolute atomic E-state index is 12.6. The third kappa shape index (κ3) is 4.34. The highest BCUT2D eigenvalue weighted by atomic mass is 35.5. The number of thiophene rings is 1. The van der Waals surface area contributed by atoms with Crippen LogP contribution in [-0.4, -0.2) is 27.8 Å². The van der Waals surface area contributed by atoms with E-state index in [1.165, 1.54) is 16.9 Å². The van der Waals surface area contributed by atoms with Crippen LogP contribution < -0.4 is 5.56 Å². The van der Waals surface area contributed by atoms with Crippen LogP contribution in [0, 0.1) is 0 Å². The molecule has 152 valence electrons. The predicted molar refractivity (Wildman–Crippen MR) is 118 cm³/mol. The molecule has 1 aliphatic rings. The summed E-state index contributed by atoms with van der Waals surface area (Å²) in [4.78, 5) is 36.4. The maximum Gasteiger partial charge on any atom is 0.259 e. The van der Waals surface area contributed by atoms with Crippen LogP contribution in [0.2, 0.25) is 10.0 Å². The van der Waals surface area contributed by atoms with Gasteiger partial charge in [0.25, 0.3) is 5.56 Å². The molecule has 0 unspecified atom stereocenters. The van der Waals surface area contributed by atoms with Gasteiger partial charge < -0.3 is 9.88 Å². The summed E-state index contributed by atoms with van der Waals surface area (Å²) in [5.74, 6) is 0.525. The fourth-order valence-electron chi connectivity index (χ4n) is 3.74. The minimum atomic E-state index is -0.0850. The topological polar surface area (TPSA) is 66.1 Å². The first-order chi connectivity index (χ1) is 13.9. The van der Waals surface area contributed by atoms with Gasteiger partial charge in [-0.3, -0.25) is 9.59 Å². The largest absolute Gasteiger partial charge is 0.341 e. The molecule has 29 heavy (non-hydrogen) atoms. The van der Waals surface area contributed by atoms with Gasteiger partial charge in [0.05, 0.1) is 5.39 Å². The van der Waals surface area contributed by atoms with E-state index in [0.29, 0.717) is 28.8 Å². The minimum Gasteiger partial charge on any atom is -0.341 e. The molecule has 8 heteroatoms. The Morgan fingerprint density at radius 1 is 1.28 bits per heavy atom. The third-order valence-corrected chi connectivity index (χ3v) is 7.07. The van der Waals surface area contributed by atoms with E-state index >= 15 is 0 Å². The number of hydrogen-bond donors (Lipinski definition) is 1. The first kappa shape index (κ1) is 20.4. The number of aryl methyl sites for hydroxylation is 3. The van der Waals surface area contributed by atoms with Crippen molar-refractivity contribution >= 4 is 50.7 Å². The van der Waals surface area contributed by atoms with Crippen LogP contribution in [0.15, 0.2) is 23.0 Å². The van der Waals surface area contributed by atoms with Crippen molar-refractivity contribution in [1.29, 1.82) is 0 Å². The average molecular weight is 450 g/mol. The summed E-state index contributed by atoms with van der Waals surface area (Å²) in [5, 5.41) is 1.85. The van der Waals surface area contributed by atoms with Gasteiger partial charge >= 0.3 is 0 Å². The highest BCUT2D eigenvalue weighted by Crippen LogP contribution is 2.33. The van der Waals surface area contributed by atoms with Gasteiger partial charge in [0, 0.05) is 41.4 Å². The van der Waals surface area contributed by atoms with E-state index in [-0.39, 0.29) is 17.9 Å². The number of amides is 1. The van der Waals surface area contributed by atoms with Gasteiger partial charge in [-0.1, -0.05) is 29.3 Å². The van der Waals surface area contributed by atoms with Gasteiger partial charge in [0.2, 0.25) is 5.91 Å². The summed E-state index contributed by atoms with van der Waals surface area (Å²) in [6, 6.07) is 5.24. The summed E-state index contributed by atoms with van der Waals surface area (Å²) >= 11 is 13.7. The van der Waals surface area contributed by atoms with Gasteiger partial charge in [-0.05, 0) is 48.9 Å². The van der Waals surface area contributed by atoms with Crippen molar-refractivity contribution in [3.05, 3.63) is 60.4 Å². The van der Waals surface area contributed by atoms with Crippen molar-refractivity contribution in [2.45, 2.75) is 45.1 Å². The van der Waals surface area contributed by atoms with Gasteiger partial charge in [0.1, 0.15) is 10.7 Å². The summed E-state index contributed by atoms with van der Waals surface area (Å²) in [6.07, 6.45) is 4.94. The molecule has 3 aromatic rings. The zero-order valence-electron chi connectivity index (χ0n) is 16.1. The Balaban J connectivity index is 1.45. The summed E-state index contributed by atoms with van der Waals surface area (Å²) < 4.78 is 0. The number of carbonyl (C=O) groups excluding carboxylic acids is 1. The second-order valence-electron chi connectivity index (χ2n) is 7.39. The van der Waals surface area contributed by atoms with Gasteiger partial charge in [-0.2, -0.15) is 0 Å². The van der Waals surface area contributed by atoms with Crippen molar-refractivity contribution in [3.8, 4) is 0 Å². The molecule has 1 aliphatic carbocycles. The van der Waals surface area contributed by atoms with E-state index in [0.717, 1.165) is 35.0 Å². The van der Waals surface area contributed by atoms with Crippen molar-refractivity contribution in [2.75, 3.05) is 7.05 Å². The number of carbonyl (C=O) groups is 1. The molecule has 0 saturated heterocycles. The SMILES string of the molecule is CN(Cc1ccc(Cl)cc1Cl)C(=O)CCc1nc2sc3c(c2c(=O)[nH]1)CCCC3. The van der Waals surface area contributed by atoms with Crippen LogP contribution in [0.5, 0.6) is 0 Å². The lowest BCUT2D eigenvalue weighted by molar-refractivity contribution is -0.130. The van der Waals surface area contributed by atoms with E-state index in [9.17, 15) is 9.59 Å². The lowest BCUT2D eigenvalue weighted by Gasteiger charge is -2.18. The molecule has 0 saturated carbocycles. The van der Waals surface area contributed by atoms with E-state index in [4.69, 9.17) is 23.2 Å². The predicted octanol–water partition coefficient (Wildman–Crippen LogP) is 4.76. The highest BCUT2D eigenvalue weighted by molar-refractivity contribution is 7.18. The average Bonchev–Trinajstić information content (AvgIpc) is 3.07. The number of rotatable bonds is 5. The normalized spacial score (nSPS) is 13.5. The zero-order chi connectivity index (χ0) is 20.5. The Hall–Kier alpha value is -1.89. The first-order valence-corrected chi connectivity index (χ1v) is 11.2. The molecule has 1 N–H and O–H groups in total. The Kier molecular flexibility index (Phi) is 5.95. The van der Waals surface area contributed by atoms with Gasteiger partial charge in [0.15, 0.2) is 0 Å². The lowest BCUT2D eigenvalue weighted by Crippen LogP contribution is -2.27. The molecule has 2 heterocycles. The Labute approximate surface area is 182 Å². The first-order valence-electron chi connectivity index (χ1n) is 9.63. The molecule has 1 amide bonds. The van der Waals surface area contributed by atoms with E-state index < -0.39 is 0 Å². The maximum atomic E-state index is 12.6. The fourth-order valence-corrected chi connectivity index (χ4v) is 5.49. The molecule has 0 bridgehead atoms. The van der Waals surface area contributed by atoms with E-state index in [1.54, 1.807) is 35.4 Å². The minimum absolute atomic E-state index is 0.0377.